The van der Waals surface area contributed by atoms with Gasteiger partial charge in [-0.05, 0) is 42.3 Å². The van der Waals surface area contributed by atoms with Gasteiger partial charge in [0.25, 0.3) is 0 Å². The van der Waals surface area contributed by atoms with Gasteiger partial charge in [0.05, 0.1) is 36.2 Å². The Morgan fingerprint density at radius 3 is 2.57 bits per heavy atom. The summed E-state index contributed by atoms with van der Waals surface area (Å²) in [6.45, 7) is 3.64. The zero-order valence-electron chi connectivity index (χ0n) is 23.7. The van der Waals surface area contributed by atoms with E-state index >= 15 is 0 Å². The topological polar surface area (TPSA) is 85.8 Å². The molecule has 0 aliphatic carbocycles. The van der Waals surface area contributed by atoms with Crippen molar-refractivity contribution in [3.63, 3.8) is 0 Å². The van der Waals surface area contributed by atoms with E-state index in [-0.39, 0.29) is 24.3 Å². The summed E-state index contributed by atoms with van der Waals surface area (Å²) in [6, 6.07) is 13.4. The van der Waals surface area contributed by atoms with Crippen LogP contribution in [0.25, 0.3) is 16.9 Å². The number of carbonyl (C=O) groups is 1. The number of benzene rings is 2. The molecule has 0 saturated carbocycles. The molecule has 1 aliphatic heterocycles. The van der Waals surface area contributed by atoms with Crippen molar-refractivity contribution in [1.82, 2.24) is 39.3 Å². The average molecular weight is 571 g/mol. The van der Waals surface area contributed by atoms with Gasteiger partial charge in [0.2, 0.25) is 5.91 Å². The highest BCUT2D eigenvalue weighted by Crippen LogP contribution is 2.31. The molecule has 4 heterocycles. The SMILES string of the molecule is Cc1c(-c2cnn(C)c2)nn(-c2ccccc2)c1CC(=O)N[C@@H]1CN(Cc2nccn2C)C[C@H]1c1ccc(F)c(F)c1. The lowest BCUT2D eigenvalue weighted by atomic mass is 9.94. The maximum Gasteiger partial charge on any atom is 0.226 e. The highest BCUT2D eigenvalue weighted by Gasteiger charge is 2.36. The number of carbonyl (C=O) groups excluding carboxylic acids is 1. The maximum absolute atomic E-state index is 14.3. The predicted molar refractivity (Wildman–Crippen MR) is 154 cm³/mol. The first-order valence-corrected chi connectivity index (χ1v) is 13.8. The van der Waals surface area contributed by atoms with Gasteiger partial charge in [0.15, 0.2) is 11.6 Å². The lowest BCUT2D eigenvalue weighted by molar-refractivity contribution is -0.121. The van der Waals surface area contributed by atoms with Gasteiger partial charge in [0.1, 0.15) is 5.82 Å². The summed E-state index contributed by atoms with van der Waals surface area (Å²) >= 11 is 0. The number of aromatic nitrogens is 6. The highest BCUT2D eigenvalue weighted by atomic mass is 19.2. The van der Waals surface area contributed by atoms with E-state index in [0.29, 0.717) is 25.2 Å². The minimum atomic E-state index is -0.898. The smallest absolute Gasteiger partial charge is 0.226 e. The van der Waals surface area contributed by atoms with Gasteiger partial charge in [-0.1, -0.05) is 24.3 Å². The summed E-state index contributed by atoms with van der Waals surface area (Å²) in [4.78, 5) is 20.3. The van der Waals surface area contributed by atoms with Crippen LogP contribution in [0, 0.1) is 18.6 Å². The first kappa shape index (κ1) is 27.5. The van der Waals surface area contributed by atoms with E-state index in [4.69, 9.17) is 5.10 Å². The molecule has 2 atom stereocenters. The number of likely N-dealkylation sites (tertiary alicyclic amines) is 1. The van der Waals surface area contributed by atoms with Crippen LogP contribution in [0.1, 0.15) is 28.6 Å². The molecule has 1 amide bonds. The molecule has 5 aromatic rings. The molecule has 6 rings (SSSR count). The fraction of sp³-hybridized carbons (Fsp3) is 0.290. The van der Waals surface area contributed by atoms with E-state index in [2.05, 4.69) is 20.3 Å². The largest absolute Gasteiger partial charge is 0.351 e. The fourth-order valence-corrected chi connectivity index (χ4v) is 5.74. The molecular weight excluding hydrogens is 538 g/mol. The number of nitrogens with zero attached hydrogens (tertiary/aromatic N) is 7. The van der Waals surface area contributed by atoms with Gasteiger partial charge in [-0.15, -0.1) is 0 Å². The molecule has 3 aromatic heterocycles. The molecular formula is C31H32F2N8O. The first-order chi connectivity index (χ1) is 20.3. The summed E-state index contributed by atoms with van der Waals surface area (Å²) in [7, 11) is 3.78. The standard InChI is InChI=1S/C31H32F2N8O/c1-20-28(41(23-7-5-4-6-8-23)37-31(20)22-15-35-39(3)16-22)14-30(42)36-27-18-40(19-29-34-11-12-38(29)2)17-24(27)21-9-10-25(32)26(33)13-21/h4-13,15-16,24,27H,14,17-19H2,1-3H3,(H,36,42)/t24-,27+/m0/s1. The fourth-order valence-electron chi connectivity index (χ4n) is 5.74. The van der Waals surface area contributed by atoms with Crippen LogP contribution < -0.4 is 5.32 Å². The molecule has 0 unspecified atom stereocenters. The summed E-state index contributed by atoms with van der Waals surface area (Å²) in [6.07, 6.45) is 7.38. The number of halogens is 2. The summed E-state index contributed by atoms with van der Waals surface area (Å²) in [5, 5.41) is 12.4. The minimum Gasteiger partial charge on any atom is -0.351 e. The van der Waals surface area contributed by atoms with Gasteiger partial charge in [0, 0.05) is 63.3 Å². The third kappa shape index (κ3) is 5.47. The Hall–Kier alpha value is -4.64. The van der Waals surface area contributed by atoms with Gasteiger partial charge >= 0.3 is 0 Å². The second kappa shape index (κ2) is 11.3. The van der Waals surface area contributed by atoms with Crippen molar-refractivity contribution < 1.29 is 13.6 Å². The normalized spacial score (nSPS) is 17.2. The Morgan fingerprint density at radius 1 is 1.07 bits per heavy atom. The molecule has 2 aromatic carbocycles. The van der Waals surface area contributed by atoms with Crippen molar-refractivity contribution in [2.75, 3.05) is 13.1 Å². The van der Waals surface area contributed by atoms with Gasteiger partial charge in [-0.2, -0.15) is 10.2 Å². The lowest BCUT2D eigenvalue weighted by Crippen LogP contribution is -2.41. The Morgan fingerprint density at radius 2 is 1.88 bits per heavy atom. The van der Waals surface area contributed by atoms with E-state index in [0.717, 1.165) is 40.1 Å². The molecule has 42 heavy (non-hydrogen) atoms. The lowest BCUT2D eigenvalue weighted by Gasteiger charge is -2.21. The van der Waals surface area contributed by atoms with E-state index in [1.54, 1.807) is 23.1 Å². The van der Waals surface area contributed by atoms with E-state index < -0.39 is 11.6 Å². The highest BCUT2D eigenvalue weighted by molar-refractivity contribution is 5.80. The molecule has 0 radical (unpaired) electrons. The number of nitrogens with one attached hydrogen (secondary N) is 1. The molecule has 1 aliphatic rings. The zero-order chi connectivity index (χ0) is 29.4. The number of hydrogen-bond donors (Lipinski definition) is 1. The quantitative estimate of drug-likeness (QED) is 0.306. The average Bonchev–Trinajstić information content (AvgIpc) is 3.75. The molecule has 0 spiro atoms. The number of para-hydroxylation sites is 1. The molecule has 11 heteroatoms. The minimum absolute atomic E-state index is 0.0916. The van der Waals surface area contributed by atoms with Crippen LogP contribution in [0.2, 0.25) is 0 Å². The number of amides is 1. The Labute approximate surface area is 242 Å². The number of rotatable bonds is 8. The molecule has 0 bridgehead atoms. The number of hydrogen-bond acceptors (Lipinski definition) is 5. The van der Waals surface area contributed by atoms with Crippen LogP contribution in [0.4, 0.5) is 8.78 Å². The Kier molecular flexibility index (Phi) is 7.42. The van der Waals surface area contributed by atoms with Gasteiger partial charge < -0.3 is 9.88 Å². The van der Waals surface area contributed by atoms with Crippen molar-refractivity contribution in [3.05, 3.63) is 108 Å². The van der Waals surface area contributed by atoms with Crippen LogP contribution in [0.5, 0.6) is 0 Å². The van der Waals surface area contributed by atoms with Crippen LogP contribution >= 0.6 is 0 Å². The number of aryl methyl sites for hydroxylation is 2. The van der Waals surface area contributed by atoms with Crippen molar-refractivity contribution in [2.24, 2.45) is 14.1 Å². The third-order valence-electron chi connectivity index (χ3n) is 7.95. The predicted octanol–water partition coefficient (Wildman–Crippen LogP) is 3.92. The van der Waals surface area contributed by atoms with Crippen LogP contribution in [-0.4, -0.2) is 59.1 Å². The Bertz CT molecular complexity index is 1720. The number of imidazole rings is 1. The summed E-state index contributed by atoms with van der Waals surface area (Å²) < 4.78 is 33.5. The van der Waals surface area contributed by atoms with Crippen molar-refractivity contribution in [1.29, 1.82) is 0 Å². The van der Waals surface area contributed by atoms with E-state index in [9.17, 15) is 13.6 Å². The van der Waals surface area contributed by atoms with Crippen LogP contribution in [0.3, 0.4) is 0 Å². The van der Waals surface area contributed by atoms with Crippen LogP contribution in [0.15, 0.2) is 73.3 Å². The van der Waals surface area contributed by atoms with Crippen molar-refractivity contribution >= 4 is 5.91 Å². The van der Waals surface area contributed by atoms with Gasteiger partial charge in [-0.25, -0.2) is 18.4 Å². The van der Waals surface area contributed by atoms with Crippen molar-refractivity contribution in [3.8, 4) is 16.9 Å². The van der Waals surface area contributed by atoms with Crippen LogP contribution in [-0.2, 0) is 31.9 Å². The Balaban J connectivity index is 1.28. The second-order valence-corrected chi connectivity index (χ2v) is 10.8. The second-order valence-electron chi connectivity index (χ2n) is 10.8. The molecule has 1 N–H and O–H groups in total. The zero-order valence-corrected chi connectivity index (χ0v) is 23.7. The molecule has 1 saturated heterocycles. The third-order valence-corrected chi connectivity index (χ3v) is 7.95. The molecule has 1 fully saturated rings. The molecule has 9 nitrogen and oxygen atoms in total. The summed E-state index contributed by atoms with van der Waals surface area (Å²) in [5.74, 6) is -1.31. The van der Waals surface area contributed by atoms with E-state index in [1.807, 2.05) is 73.0 Å². The monoisotopic (exact) mass is 570 g/mol. The van der Waals surface area contributed by atoms with E-state index in [1.165, 1.54) is 6.07 Å². The summed E-state index contributed by atoms with van der Waals surface area (Å²) in [5.41, 5.74) is 4.78. The maximum atomic E-state index is 14.3. The first-order valence-electron chi connectivity index (χ1n) is 13.8. The van der Waals surface area contributed by atoms with Gasteiger partial charge in [-0.3, -0.25) is 14.4 Å². The van der Waals surface area contributed by atoms with Crippen molar-refractivity contribution in [2.45, 2.75) is 31.8 Å². The molecule has 216 valence electrons.